The standard InChI is InChI=1S/C24H28F2O/c1-4-24(5-2)15-13-18(14-16-24)17-7-9-19(10-8-17)20-11-12-21(27-6-3)23(26)22(20)25/h7-13H,4-6,14-16H2,1-3H3. The number of hydrogen-bond donors (Lipinski definition) is 0. The predicted octanol–water partition coefficient (Wildman–Crippen LogP) is 7.40. The molecule has 0 atom stereocenters. The van der Waals surface area contributed by atoms with Crippen molar-refractivity contribution in [3.05, 3.63) is 59.7 Å². The molecular weight excluding hydrogens is 342 g/mol. The van der Waals surface area contributed by atoms with Crippen LogP contribution in [0.4, 0.5) is 8.78 Å². The second kappa shape index (κ2) is 8.24. The maximum Gasteiger partial charge on any atom is 0.201 e. The largest absolute Gasteiger partial charge is 0.491 e. The van der Waals surface area contributed by atoms with Gasteiger partial charge in [0, 0.05) is 5.56 Å². The van der Waals surface area contributed by atoms with Crippen molar-refractivity contribution in [3.8, 4) is 16.9 Å². The molecule has 0 saturated carbocycles. The fourth-order valence-electron chi connectivity index (χ4n) is 3.98. The molecule has 3 heteroatoms. The first-order chi connectivity index (χ1) is 13.0. The van der Waals surface area contributed by atoms with Gasteiger partial charge in [-0.05, 0) is 60.4 Å². The van der Waals surface area contributed by atoms with E-state index in [1.807, 2.05) is 24.3 Å². The van der Waals surface area contributed by atoms with Crippen LogP contribution in [0.15, 0.2) is 42.5 Å². The molecule has 2 aromatic rings. The molecular formula is C24H28F2O. The normalized spacial score (nSPS) is 16.1. The molecule has 0 unspecified atom stereocenters. The van der Waals surface area contributed by atoms with Gasteiger partial charge in [-0.2, -0.15) is 4.39 Å². The molecule has 1 aliphatic carbocycles. The molecule has 1 nitrogen and oxygen atoms in total. The van der Waals surface area contributed by atoms with Crippen LogP contribution in [0, 0.1) is 17.0 Å². The quantitative estimate of drug-likeness (QED) is 0.514. The zero-order valence-electron chi connectivity index (χ0n) is 16.4. The van der Waals surface area contributed by atoms with Crippen molar-refractivity contribution in [2.24, 2.45) is 5.41 Å². The summed E-state index contributed by atoms with van der Waals surface area (Å²) in [4.78, 5) is 0. The number of allylic oxidation sites excluding steroid dienone is 2. The number of benzene rings is 2. The Bertz CT molecular complexity index is 817. The van der Waals surface area contributed by atoms with E-state index < -0.39 is 11.6 Å². The maximum absolute atomic E-state index is 14.4. The minimum Gasteiger partial charge on any atom is -0.491 e. The van der Waals surface area contributed by atoms with Crippen molar-refractivity contribution in [2.45, 2.75) is 52.9 Å². The minimum absolute atomic E-state index is 0.0435. The lowest BCUT2D eigenvalue weighted by Gasteiger charge is -2.35. The van der Waals surface area contributed by atoms with Crippen LogP contribution in [-0.4, -0.2) is 6.61 Å². The van der Waals surface area contributed by atoms with Gasteiger partial charge in [-0.15, -0.1) is 0 Å². The number of halogens is 2. The summed E-state index contributed by atoms with van der Waals surface area (Å²) in [5.41, 5.74) is 3.91. The molecule has 0 N–H and O–H groups in total. The molecule has 0 saturated heterocycles. The van der Waals surface area contributed by atoms with Crippen LogP contribution in [0.25, 0.3) is 16.7 Å². The second-order valence-electron chi connectivity index (χ2n) is 7.39. The van der Waals surface area contributed by atoms with Crippen molar-refractivity contribution in [2.75, 3.05) is 6.61 Å². The third kappa shape index (κ3) is 3.92. The molecule has 0 aliphatic heterocycles. The van der Waals surface area contributed by atoms with Crippen LogP contribution in [0.2, 0.25) is 0 Å². The van der Waals surface area contributed by atoms with Gasteiger partial charge in [-0.25, -0.2) is 4.39 Å². The minimum atomic E-state index is -0.927. The van der Waals surface area contributed by atoms with Crippen molar-refractivity contribution < 1.29 is 13.5 Å². The van der Waals surface area contributed by atoms with Crippen LogP contribution < -0.4 is 4.74 Å². The molecule has 0 amide bonds. The first kappa shape index (κ1) is 19.6. The molecule has 0 radical (unpaired) electrons. The molecule has 0 heterocycles. The summed E-state index contributed by atoms with van der Waals surface area (Å²) < 4.78 is 33.7. The Morgan fingerprint density at radius 1 is 0.889 bits per heavy atom. The highest BCUT2D eigenvalue weighted by atomic mass is 19.2. The van der Waals surface area contributed by atoms with Gasteiger partial charge in [-0.3, -0.25) is 0 Å². The molecule has 27 heavy (non-hydrogen) atoms. The highest BCUT2D eigenvalue weighted by Crippen LogP contribution is 2.43. The van der Waals surface area contributed by atoms with E-state index in [0.29, 0.717) is 17.6 Å². The predicted molar refractivity (Wildman–Crippen MR) is 108 cm³/mol. The summed E-state index contributed by atoms with van der Waals surface area (Å²) >= 11 is 0. The fraction of sp³-hybridized carbons (Fsp3) is 0.417. The summed E-state index contributed by atoms with van der Waals surface area (Å²) in [7, 11) is 0. The molecule has 0 bridgehead atoms. The van der Waals surface area contributed by atoms with E-state index in [9.17, 15) is 8.78 Å². The second-order valence-corrected chi connectivity index (χ2v) is 7.39. The van der Waals surface area contributed by atoms with E-state index >= 15 is 0 Å². The molecule has 144 valence electrons. The number of hydrogen-bond acceptors (Lipinski definition) is 1. The van der Waals surface area contributed by atoms with Gasteiger partial charge < -0.3 is 4.74 Å². The smallest absolute Gasteiger partial charge is 0.201 e. The van der Waals surface area contributed by atoms with E-state index in [2.05, 4.69) is 19.9 Å². The van der Waals surface area contributed by atoms with Crippen molar-refractivity contribution in [1.82, 2.24) is 0 Å². The van der Waals surface area contributed by atoms with Gasteiger partial charge in [0.05, 0.1) is 6.61 Å². The first-order valence-electron chi connectivity index (χ1n) is 9.94. The van der Waals surface area contributed by atoms with E-state index in [1.165, 1.54) is 36.5 Å². The summed E-state index contributed by atoms with van der Waals surface area (Å²) in [6, 6.07) is 10.8. The van der Waals surface area contributed by atoms with E-state index in [-0.39, 0.29) is 11.3 Å². The van der Waals surface area contributed by atoms with E-state index in [0.717, 1.165) is 12.8 Å². The summed E-state index contributed by atoms with van der Waals surface area (Å²) in [6.45, 7) is 6.61. The highest BCUT2D eigenvalue weighted by molar-refractivity contribution is 5.71. The first-order valence-corrected chi connectivity index (χ1v) is 9.94. The Morgan fingerprint density at radius 2 is 1.56 bits per heavy atom. The van der Waals surface area contributed by atoms with Crippen LogP contribution in [0.3, 0.4) is 0 Å². The Kier molecular flexibility index (Phi) is 5.98. The highest BCUT2D eigenvalue weighted by Gasteiger charge is 2.28. The lowest BCUT2D eigenvalue weighted by atomic mass is 9.70. The van der Waals surface area contributed by atoms with E-state index in [1.54, 1.807) is 13.0 Å². The zero-order valence-corrected chi connectivity index (χ0v) is 16.4. The molecule has 0 fully saturated rings. The van der Waals surface area contributed by atoms with Crippen LogP contribution in [0.5, 0.6) is 5.75 Å². The molecule has 1 aliphatic rings. The topological polar surface area (TPSA) is 9.23 Å². The van der Waals surface area contributed by atoms with Gasteiger partial charge in [-0.1, -0.05) is 57.0 Å². The third-order valence-corrected chi connectivity index (χ3v) is 6.12. The van der Waals surface area contributed by atoms with Gasteiger partial charge in [0.1, 0.15) is 0 Å². The molecule has 3 rings (SSSR count). The Morgan fingerprint density at radius 3 is 2.11 bits per heavy atom. The zero-order chi connectivity index (χ0) is 19.4. The molecule has 2 aromatic carbocycles. The van der Waals surface area contributed by atoms with Crippen molar-refractivity contribution >= 4 is 5.57 Å². The van der Waals surface area contributed by atoms with Crippen LogP contribution in [-0.2, 0) is 0 Å². The number of ether oxygens (including phenoxy) is 1. The lowest BCUT2D eigenvalue weighted by Crippen LogP contribution is -2.21. The van der Waals surface area contributed by atoms with Gasteiger partial charge >= 0.3 is 0 Å². The summed E-state index contributed by atoms with van der Waals surface area (Å²) in [6.07, 6.45) is 8.21. The SMILES string of the molecule is CCOc1ccc(-c2ccc(C3=CCC(CC)(CC)CC3)cc2)c(F)c1F. The monoisotopic (exact) mass is 370 g/mol. The van der Waals surface area contributed by atoms with Crippen molar-refractivity contribution in [1.29, 1.82) is 0 Å². The van der Waals surface area contributed by atoms with Gasteiger partial charge in [0.15, 0.2) is 11.6 Å². The van der Waals surface area contributed by atoms with Crippen LogP contribution in [0.1, 0.15) is 58.4 Å². The fourth-order valence-corrected chi connectivity index (χ4v) is 3.98. The summed E-state index contributed by atoms with van der Waals surface area (Å²) in [5, 5.41) is 0. The van der Waals surface area contributed by atoms with Gasteiger partial charge in [0.25, 0.3) is 0 Å². The summed E-state index contributed by atoms with van der Waals surface area (Å²) in [5.74, 6) is -1.83. The maximum atomic E-state index is 14.4. The van der Waals surface area contributed by atoms with Crippen molar-refractivity contribution in [3.63, 3.8) is 0 Å². The van der Waals surface area contributed by atoms with Gasteiger partial charge in [0.2, 0.25) is 5.82 Å². The third-order valence-electron chi connectivity index (χ3n) is 6.12. The average molecular weight is 370 g/mol. The van der Waals surface area contributed by atoms with E-state index in [4.69, 9.17) is 4.74 Å². The molecule has 0 aromatic heterocycles. The number of rotatable bonds is 6. The van der Waals surface area contributed by atoms with Crippen LogP contribution >= 0.6 is 0 Å². The average Bonchev–Trinajstić information content (AvgIpc) is 2.72. The Balaban J connectivity index is 1.83. The Labute approximate surface area is 161 Å². The molecule has 0 spiro atoms. The Hall–Kier alpha value is -2.16. The lowest BCUT2D eigenvalue weighted by molar-refractivity contribution is 0.238.